The summed E-state index contributed by atoms with van der Waals surface area (Å²) in [6, 6.07) is 12.4. The fourth-order valence-electron chi connectivity index (χ4n) is 3.78. The molecule has 2 aromatic carbocycles. The number of nitrogens with one attached hydrogen (secondary N) is 1. The highest BCUT2D eigenvalue weighted by Crippen LogP contribution is 2.31. The highest BCUT2D eigenvalue weighted by Gasteiger charge is 2.26. The van der Waals surface area contributed by atoms with Crippen molar-refractivity contribution in [3.05, 3.63) is 63.4 Å². The van der Waals surface area contributed by atoms with Gasteiger partial charge in [0.15, 0.2) is 5.82 Å². The Morgan fingerprint density at radius 3 is 2.47 bits per heavy atom. The summed E-state index contributed by atoms with van der Waals surface area (Å²) < 4.78 is 1.59. The Balaban J connectivity index is 1.74. The maximum Gasteiger partial charge on any atom is 0.291 e. The monoisotopic (exact) mass is 462 g/mol. The second-order valence-corrected chi connectivity index (χ2v) is 8.89. The normalized spacial score (nSPS) is 18.9. The van der Waals surface area contributed by atoms with Gasteiger partial charge in [-0.2, -0.15) is 0 Å². The van der Waals surface area contributed by atoms with Crippen LogP contribution in [0, 0.1) is 5.92 Å². The SMILES string of the molecule is CC1CCCCC1NC(=O)c1nc(-c2cc(Cl)ccc2Cl)n(-c2ccc(Cl)cc2)n1. The molecule has 4 rings (SSSR count). The van der Waals surface area contributed by atoms with Crippen LogP contribution >= 0.6 is 34.8 Å². The van der Waals surface area contributed by atoms with E-state index in [0.29, 0.717) is 38.1 Å². The zero-order chi connectivity index (χ0) is 21.3. The molecule has 1 aliphatic carbocycles. The molecule has 1 N–H and O–H groups in total. The Hall–Kier alpha value is -2.08. The average Bonchev–Trinajstić information content (AvgIpc) is 3.17. The van der Waals surface area contributed by atoms with Crippen molar-refractivity contribution in [1.29, 1.82) is 0 Å². The first-order valence-corrected chi connectivity index (χ1v) is 11.0. The fourth-order valence-corrected chi connectivity index (χ4v) is 4.28. The van der Waals surface area contributed by atoms with Crippen LogP contribution in [0.1, 0.15) is 43.2 Å². The maximum absolute atomic E-state index is 13.0. The maximum atomic E-state index is 13.0. The van der Waals surface area contributed by atoms with Gasteiger partial charge in [0.05, 0.1) is 10.7 Å². The number of amides is 1. The van der Waals surface area contributed by atoms with Crippen LogP contribution in [-0.2, 0) is 0 Å². The number of hydrogen-bond acceptors (Lipinski definition) is 3. The summed E-state index contributed by atoms with van der Waals surface area (Å²) in [5.74, 6) is 0.671. The minimum Gasteiger partial charge on any atom is -0.346 e. The summed E-state index contributed by atoms with van der Waals surface area (Å²) >= 11 is 18.6. The van der Waals surface area contributed by atoms with Crippen molar-refractivity contribution in [1.82, 2.24) is 20.1 Å². The summed E-state index contributed by atoms with van der Waals surface area (Å²) in [7, 11) is 0. The van der Waals surface area contributed by atoms with E-state index in [0.717, 1.165) is 19.3 Å². The van der Waals surface area contributed by atoms with E-state index in [1.165, 1.54) is 6.42 Å². The van der Waals surface area contributed by atoms with Gasteiger partial charge >= 0.3 is 0 Å². The third-order valence-corrected chi connectivity index (χ3v) is 6.30. The molecule has 1 amide bonds. The number of carbonyl (C=O) groups is 1. The molecule has 5 nitrogen and oxygen atoms in total. The Morgan fingerprint density at radius 2 is 1.73 bits per heavy atom. The van der Waals surface area contributed by atoms with Crippen molar-refractivity contribution in [2.45, 2.75) is 38.6 Å². The van der Waals surface area contributed by atoms with E-state index < -0.39 is 0 Å². The second kappa shape index (κ2) is 8.96. The second-order valence-electron chi connectivity index (χ2n) is 7.61. The van der Waals surface area contributed by atoms with Crippen LogP contribution in [-0.4, -0.2) is 26.7 Å². The molecule has 8 heteroatoms. The zero-order valence-electron chi connectivity index (χ0n) is 16.4. The standard InChI is InChI=1S/C22H21Cl3N4O/c1-13-4-2-3-5-19(13)26-22(30)20-27-21(17-12-15(24)8-11-18(17)25)29(28-20)16-9-6-14(23)7-10-16/h6-13,19H,2-5H2,1H3,(H,26,30). The summed E-state index contributed by atoms with van der Waals surface area (Å²) in [6.45, 7) is 2.17. The summed E-state index contributed by atoms with van der Waals surface area (Å²) in [4.78, 5) is 17.5. The lowest BCUT2D eigenvalue weighted by molar-refractivity contribution is 0.0899. The lowest BCUT2D eigenvalue weighted by Gasteiger charge is -2.28. The van der Waals surface area contributed by atoms with Gasteiger partial charge in [-0.1, -0.05) is 54.6 Å². The van der Waals surface area contributed by atoms with E-state index in [9.17, 15) is 4.79 Å². The van der Waals surface area contributed by atoms with Crippen LogP contribution in [0.25, 0.3) is 17.1 Å². The first kappa shape index (κ1) is 21.2. The van der Waals surface area contributed by atoms with Crippen LogP contribution in [0.5, 0.6) is 0 Å². The van der Waals surface area contributed by atoms with E-state index in [1.807, 2.05) is 12.1 Å². The first-order valence-electron chi connectivity index (χ1n) is 9.91. The van der Waals surface area contributed by atoms with Crippen molar-refractivity contribution >= 4 is 40.7 Å². The third-order valence-electron chi connectivity index (χ3n) is 5.48. The van der Waals surface area contributed by atoms with E-state index in [-0.39, 0.29) is 17.8 Å². The molecule has 1 saturated carbocycles. The number of rotatable bonds is 4. The molecular weight excluding hydrogens is 443 g/mol. The Morgan fingerprint density at radius 1 is 1.03 bits per heavy atom. The van der Waals surface area contributed by atoms with Crippen molar-refractivity contribution < 1.29 is 4.79 Å². The van der Waals surface area contributed by atoms with E-state index in [2.05, 4.69) is 22.3 Å². The van der Waals surface area contributed by atoms with E-state index >= 15 is 0 Å². The van der Waals surface area contributed by atoms with Gasteiger partial charge in [0.25, 0.3) is 5.91 Å². The molecule has 1 heterocycles. The number of nitrogens with zero attached hydrogens (tertiary/aromatic N) is 3. The molecule has 3 aromatic rings. The number of benzene rings is 2. The van der Waals surface area contributed by atoms with Gasteiger partial charge in [-0.25, -0.2) is 9.67 Å². The van der Waals surface area contributed by atoms with Gasteiger partial charge in [0, 0.05) is 21.7 Å². The van der Waals surface area contributed by atoms with Gasteiger partial charge in [-0.05, 0) is 61.2 Å². The zero-order valence-corrected chi connectivity index (χ0v) is 18.7. The van der Waals surface area contributed by atoms with Crippen LogP contribution in [0.2, 0.25) is 15.1 Å². The third kappa shape index (κ3) is 4.48. The van der Waals surface area contributed by atoms with Crippen LogP contribution < -0.4 is 5.32 Å². The molecule has 1 fully saturated rings. The van der Waals surface area contributed by atoms with Crippen molar-refractivity contribution in [3.8, 4) is 17.1 Å². The Kier molecular flexibility index (Phi) is 6.32. The van der Waals surface area contributed by atoms with Gasteiger partial charge in [-0.15, -0.1) is 5.10 Å². The van der Waals surface area contributed by atoms with E-state index in [4.69, 9.17) is 34.8 Å². The summed E-state index contributed by atoms with van der Waals surface area (Å²) in [5.41, 5.74) is 1.31. The number of halogens is 3. The quantitative estimate of drug-likeness (QED) is 0.501. The molecule has 156 valence electrons. The Bertz CT molecular complexity index is 1060. The molecule has 0 radical (unpaired) electrons. The van der Waals surface area contributed by atoms with Gasteiger partial charge < -0.3 is 5.32 Å². The highest BCUT2D eigenvalue weighted by atomic mass is 35.5. The van der Waals surface area contributed by atoms with Gasteiger partial charge in [0.2, 0.25) is 5.82 Å². The smallest absolute Gasteiger partial charge is 0.291 e. The molecule has 30 heavy (non-hydrogen) atoms. The van der Waals surface area contributed by atoms with Crippen molar-refractivity contribution in [3.63, 3.8) is 0 Å². The van der Waals surface area contributed by atoms with Crippen molar-refractivity contribution in [2.75, 3.05) is 0 Å². The Labute approximate surface area is 190 Å². The van der Waals surface area contributed by atoms with Crippen LogP contribution in [0.15, 0.2) is 42.5 Å². The molecular formula is C22H21Cl3N4O. The molecule has 2 atom stereocenters. The molecule has 0 aliphatic heterocycles. The fraction of sp³-hybridized carbons (Fsp3) is 0.318. The lowest BCUT2D eigenvalue weighted by Crippen LogP contribution is -2.41. The predicted molar refractivity (Wildman–Crippen MR) is 121 cm³/mol. The predicted octanol–water partition coefficient (Wildman–Crippen LogP) is 6.20. The number of carbonyl (C=O) groups excluding carboxylic acids is 1. The summed E-state index contributed by atoms with van der Waals surface area (Å²) in [6.07, 6.45) is 4.40. The van der Waals surface area contributed by atoms with Crippen LogP contribution in [0.4, 0.5) is 0 Å². The first-order chi connectivity index (χ1) is 14.4. The topological polar surface area (TPSA) is 59.8 Å². The molecule has 1 aromatic heterocycles. The lowest BCUT2D eigenvalue weighted by atomic mass is 9.86. The summed E-state index contributed by atoms with van der Waals surface area (Å²) in [5, 5.41) is 9.19. The molecule has 0 bridgehead atoms. The highest BCUT2D eigenvalue weighted by molar-refractivity contribution is 6.35. The van der Waals surface area contributed by atoms with E-state index in [1.54, 1.807) is 35.0 Å². The minimum absolute atomic E-state index is 0.0914. The minimum atomic E-state index is -0.291. The van der Waals surface area contributed by atoms with Gasteiger partial charge in [-0.3, -0.25) is 4.79 Å². The van der Waals surface area contributed by atoms with Gasteiger partial charge in [0.1, 0.15) is 0 Å². The number of aromatic nitrogens is 3. The molecule has 2 unspecified atom stereocenters. The van der Waals surface area contributed by atoms with Crippen LogP contribution in [0.3, 0.4) is 0 Å². The largest absolute Gasteiger partial charge is 0.346 e. The molecule has 0 saturated heterocycles. The molecule has 0 spiro atoms. The van der Waals surface area contributed by atoms with Crippen molar-refractivity contribution in [2.24, 2.45) is 5.92 Å². The molecule has 1 aliphatic rings. The average molecular weight is 464 g/mol. The number of hydrogen-bond donors (Lipinski definition) is 1.